The molecule has 2 aromatic rings. The Kier molecular flexibility index (Phi) is 3.70. The summed E-state index contributed by atoms with van der Waals surface area (Å²) in [6, 6.07) is 3.26. The third kappa shape index (κ3) is 2.85. The fourth-order valence-electron chi connectivity index (χ4n) is 1.70. The van der Waals surface area contributed by atoms with Crippen LogP contribution in [0.1, 0.15) is 27.3 Å². The zero-order chi connectivity index (χ0) is 13.8. The molecule has 2 heterocycles. The van der Waals surface area contributed by atoms with Gasteiger partial charge in [0.15, 0.2) is 0 Å². The Morgan fingerprint density at radius 2 is 2.05 bits per heavy atom. The Morgan fingerprint density at radius 3 is 2.63 bits per heavy atom. The molecule has 2 aromatic heterocycles. The topological polar surface area (TPSA) is 72.2 Å². The number of nitrogens with zero attached hydrogens (tertiary/aromatic N) is 4. The smallest absolute Gasteiger partial charge is 0.271 e. The van der Waals surface area contributed by atoms with Gasteiger partial charge in [0, 0.05) is 36.3 Å². The largest absolute Gasteiger partial charge is 0.272 e. The van der Waals surface area contributed by atoms with Crippen molar-refractivity contribution in [2.75, 3.05) is 0 Å². The molecule has 0 aliphatic heterocycles. The summed E-state index contributed by atoms with van der Waals surface area (Å²) < 4.78 is 1.78. The van der Waals surface area contributed by atoms with Crippen LogP contribution in [0.4, 0.5) is 0 Å². The van der Waals surface area contributed by atoms with Gasteiger partial charge in [-0.25, -0.2) is 5.43 Å². The van der Waals surface area contributed by atoms with Crippen LogP contribution in [0, 0.1) is 13.8 Å². The molecule has 0 radical (unpaired) electrons. The molecule has 0 aromatic carbocycles. The quantitative estimate of drug-likeness (QED) is 0.663. The van der Waals surface area contributed by atoms with Crippen molar-refractivity contribution in [1.82, 2.24) is 20.2 Å². The van der Waals surface area contributed by atoms with Crippen LogP contribution < -0.4 is 5.43 Å². The van der Waals surface area contributed by atoms with Crippen molar-refractivity contribution < 1.29 is 4.79 Å². The lowest BCUT2D eigenvalue weighted by atomic mass is 10.2. The molecule has 0 saturated carbocycles. The van der Waals surface area contributed by atoms with Crippen LogP contribution in [-0.4, -0.2) is 26.9 Å². The fraction of sp³-hybridized carbons (Fsp3) is 0.231. The molecule has 19 heavy (non-hydrogen) atoms. The monoisotopic (exact) mass is 257 g/mol. The van der Waals surface area contributed by atoms with Crippen molar-refractivity contribution >= 4 is 12.1 Å². The van der Waals surface area contributed by atoms with Gasteiger partial charge >= 0.3 is 0 Å². The third-order valence-electron chi connectivity index (χ3n) is 2.87. The highest BCUT2D eigenvalue weighted by Gasteiger charge is 2.07. The van der Waals surface area contributed by atoms with Crippen LogP contribution in [0.15, 0.2) is 29.6 Å². The summed E-state index contributed by atoms with van der Waals surface area (Å²) in [6.45, 7) is 3.85. The lowest BCUT2D eigenvalue weighted by Crippen LogP contribution is -2.17. The molecular weight excluding hydrogens is 242 g/mol. The van der Waals surface area contributed by atoms with Crippen LogP contribution >= 0.6 is 0 Å². The van der Waals surface area contributed by atoms with E-state index in [2.05, 4.69) is 20.6 Å². The van der Waals surface area contributed by atoms with Gasteiger partial charge in [0.05, 0.1) is 11.9 Å². The number of aromatic nitrogens is 3. The third-order valence-corrected chi connectivity index (χ3v) is 2.87. The first-order chi connectivity index (χ1) is 9.09. The van der Waals surface area contributed by atoms with Crippen molar-refractivity contribution in [2.45, 2.75) is 13.8 Å². The van der Waals surface area contributed by atoms with E-state index in [1.54, 1.807) is 35.4 Å². The summed E-state index contributed by atoms with van der Waals surface area (Å²) in [5.74, 6) is -0.266. The molecule has 0 aliphatic rings. The van der Waals surface area contributed by atoms with Crippen LogP contribution in [0.3, 0.4) is 0 Å². The van der Waals surface area contributed by atoms with E-state index in [0.29, 0.717) is 5.56 Å². The second kappa shape index (κ2) is 5.43. The maximum Gasteiger partial charge on any atom is 0.271 e. The molecule has 0 spiro atoms. The van der Waals surface area contributed by atoms with Crippen LogP contribution in [-0.2, 0) is 7.05 Å². The van der Waals surface area contributed by atoms with Crippen molar-refractivity contribution in [3.63, 3.8) is 0 Å². The Bertz CT molecular complexity index is 615. The second-order valence-electron chi connectivity index (χ2n) is 4.14. The molecule has 0 fully saturated rings. The predicted octanol–water partition coefficient (Wildman–Crippen LogP) is 1.20. The maximum absolute atomic E-state index is 11.7. The summed E-state index contributed by atoms with van der Waals surface area (Å²) >= 11 is 0. The Hall–Kier alpha value is -2.50. The number of nitrogens with one attached hydrogen (secondary N) is 1. The van der Waals surface area contributed by atoms with Gasteiger partial charge in [-0.05, 0) is 26.0 Å². The summed E-state index contributed by atoms with van der Waals surface area (Å²) in [5, 5.41) is 8.23. The van der Waals surface area contributed by atoms with E-state index in [1.165, 1.54) is 0 Å². The minimum Gasteiger partial charge on any atom is -0.272 e. The molecule has 0 saturated heterocycles. The summed E-state index contributed by atoms with van der Waals surface area (Å²) in [5.41, 5.74) is 5.79. The van der Waals surface area contributed by atoms with Crippen molar-refractivity contribution in [2.24, 2.45) is 12.1 Å². The molecule has 0 unspecified atom stereocenters. The van der Waals surface area contributed by atoms with E-state index >= 15 is 0 Å². The lowest BCUT2D eigenvalue weighted by Gasteiger charge is -1.98. The molecule has 0 aliphatic carbocycles. The second-order valence-corrected chi connectivity index (χ2v) is 4.14. The summed E-state index contributed by atoms with van der Waals surface area (Å²) in [7, 11) is 1.87. The molecule has 1 amide bonds. The van der Waals surface area contributed by atoms with E-state index < -0.39 is 0 Å². The first-order valence-electron chi connectivity index (χ1n) is 5.83. The van der Waals surface area contributed by atoms with Crippen molar-refractivity contribution in [1.29, 1.82) is 0 Å². The van der Waals surface area contributed by atoms with Crippen LogP contribution in [0.2, 0.25) is 0 Å². The highest BCUT2D eigenvalue weighted by Crippen LogP contribution is 2.08. The van der Waals surface area contributed by atoms with Gasteiger partial charge in [-0.3, -0.25) is 14.5 Å². The number of aryl methyl sites for hydroxylation is 2. The van der Waals surface area contributed by atoms with Gasteiger partial charge in [0.1, 0.15) is 0 Å². The van der Waals surface area contributed by atoms with Crippen molar-refractivity contribution in [3.8, 4) is 0 Å². The molecule has 6 nitrogen and oxygen atoms in total. The molecule has 2 rings (SSSR count). The number of hydrogen-bond donors (Lipinski definition) is 1. The highest BCUT2D eigenvalue weighted by molar-refractivity contribution is 5.94. The average Bonchev–Trinajstić information content (AvgIpc) is 2.66. The van der Waals surface area contributed by atoms with E-state index in [0.717, 1.165) is 17.0 Å². The van der Waals surface area contributed by atoms with Gasteiger partial charge in [0.2, 0.25) is 0 Å². The predicted molar refractivity (Wildman–Crippen MR) is 72.0 cm³/mol. The van der Waals surface area contributed by atoms with Gasteiger partial charge in [-0.15, -0.1) is 0 Å². The number of amides is 1. The normalized spacial score (nSPS) is 10.9. The Morgan fingerprint density at radius 1 is 1.37 bits per heavy atom. The molecule has 6 heteroatoms. The number of hydrogen-bond acceptors (Lipinski definition) is 4. The number of hydrazone groups is 1. The Labute approximate surface area is 111 Å². The van der Waals surface area contributed by atoms with Gasteiger partial charge in [-0.1, -0.05) is 0 Å². The lowest BCUT2D eigenvalue weighted by molar-refractivity contribution is 0.0955. The van der Waals surface area contributed by atoms with Gasteiger partial charge in [0.25, 0.3) is 5.91 Å². The van der Waals surface area contributed by atoms with E-state index in [9.17, 15) is 4.79 Å². The first kappa shape index (κ1) is 12.9. The highest BCUT2D eigenvalue weighted by atomic mass is 16.2. The van der Waals surface area contributed by atoms with Crippen LogP contribution in [0.5, 0.6) is 0 Å². The molecule has 0 atom stereocenters. The number of carbonyl (C=O) groups excluding carboxylic acids is 1. The average molecular weight is 257 g/mol. The van der Waals surface area contributed by atoms with Crippen LogP contribution in [0.25, 0.3) is 0 Å². The zero-order valence-electron chi connectivity index (χ0n) is 11.1. The van der Waals surface area contributed by atoms with Crippen molar-refractivity contribution in [3.05, 3.63) is 47.0 Å². The molecule has 0 bridgehead atoms. The van der Waals surface area contributed by atoms with E-state index in [4.69, 9.17) is 0 Å². The Balaban J connectivity index is 2.07. The van der Waals surface area contributed by atoms with E-state index in [1.807, 2.05) is 20.9 Å². The maximum atomic E-state index is 11.7. The standard InChI is InChI=1S/C13H15N5O/c1-9-12(10(2)18(3)17-9)8-15-16-13(19)11-4-6-14-7-5-11/h4-8H,1-3H3,(H,16,19)/b15-8-. The SMILES string of the molecule is Cc1nn(C)c(C)c1/C=N\NC(=O)c1ccncc1. The zero-order valence-corrected chi connectivity index (χ0v) is 11.1. The number of rotatable bonds is 3. The summed E-state index contributed by atoms with van der Waals surface area (Å²) in [6.07, 6.45) is 4.73. The first-order valence-corrected chi connectivity index (χ1v) is 5.83. The molecule has 1 N–H and O–H groups in total. The summed E-state index contributed by atoms with van der Waals surface area (Å²) in [4.78, 5) is 15.6. The molecule has 98 valence electrons. The van der Waals surface area contributed by atoms with Gasteiger partial charge in [-0.2, -0.15) is 10.2 Å². The van der Waals surface area contributed by atoms with Gasteiger partial charge < -0.3 is 0 Å². The fourth-order valence-corrected chi connectivity index (χ4v) is 1.70. The number of carbonyl (C=O) groups is 1. The minimum atomic E-state index is -0.266. The number of pyridine rings is 1. The minimum absolute atomic E-state index is 0.266. The molecular formula is C13H15N5O. The van der Waals surface area contributed by atoms with E-state index in [-0.39, 0.29) is 5.91 Å².